The molecule has 0 amide bonds. The minimum Gasteiger partial charge on any atom is -0.396 e. The van der Waals surface area contributed by atoms with Gasteiger partial charge in [-0.05, 0) is 31.9 Å². The third-order valence-corrected chi connectivity index (χ3v) is 4.05. The third kappa shape index (κ3) is 2.48. The molecule has 0 aliphatic heterocycles. The van der Waals surface area contributed by atoms with E-state index in [9.17, 15) is 0 Å². The normalized spacial score (nSPS) is 11.5. The van der Waals surface area contributed by atoms with E-state index in [0.717, 1.165) is 46.1 Å². The molecule has 0 aliphatic rings. The van der Waals surface area contributed by atoms with E-state index in [2.05, 4.69) is 15.1 Å². The first-order valence-electron chi connectivity index (χ1n) is 6.65. The molecule has 0 radical (unpaired) electrons. The Balaban J connectivity index is 2.04. The smallest absolute Gasteiger partial charge is 0.191 e. The lowest BCUT2D eigenvalue weighted by molar-refractivity contribution is 0.287. The molecule has 104 valence electrons. The summed E-state index contributed by atoms with van der Waals surface area (Å²) in [5.41, 5.74) is 1.80. The predicted octanol–water partition coefficient (Wildman–Crippen LogP) is 2.45. The van der Waals surface area contributed by atoms with Gasteiger partial charge in [-0.15, -0.1) is 5.10 Å². The van der Waals surface area contributed by atoms with Crippen LogP contribution >= 0.6 is 11.8 Å². The van der Waals surface area contributed by atoms with Gasteiger partial charge in [-0.1, -0.05) is 23.9 Å². The van der Waals surface area contributed by atoms with Crippen molar-refractivity contribution in [3.05, 3.63) is 30.1 Å². The number of nitrogens with zero attached hydrogens (tertiary/aromatic N) is 4. The number of benzene rings is 1. The predicted molar refractivity (Wildman–Crippen MR) is 80.1 cm³/mol. The first kappa shape index (κ1) is 13.3. The van der Waals surface area contributed by atoms with Gasteiger partial charge in [0.2, 0.25) is 0 Å². The average Bonchev–Trinajstić information content (AvgIpc) is 2.85. The van der Waals surface area contributed by atoms with Gasteiger partial charge in [-0.25, -0.2) is 9.97 Å². The van der Waals surface area contributed by atoms with Gasteiger partial charge in [0.25, 0.3) is 0 Å². The van der Waals surface area contributed by atoms with Gasteiger partial charge in [0, 0.05) is 17.7 Å². The van der Waals surface area contributed by atoms with E-state index in [1.54, 1.807) is 11.8 Å². The fourth-order valence-corrected chi connectivity index (χ4v) is 3.05. The highest BCUT2D eigenvalue weighted by atomic mass is 32.2. The Morgan fingerprint density at radius 3 is 2.90 bits per heavy atom. The highest BCUT2D eigenvalue weighted by molar-refractivity contribution is 7.99. The Labute approximate surface area is 121 Å². The lowest BCUT2D eigenvalue weighted by atomic mass is 10.2. The molecule has 0 atom stereocenters. The topological polar surface area (TPSA) is 63.3 Å². The number of thioether (sulfide) groups is 1. The van der Waals surface area contributed by atoms with Crippen LogP contribution in [0.2, 0.25) is 0 Å². The molecule has 0 saturated heterocycles. The van der Waals surface area contributed by atoms with E-state index in [4.69, 9.17) is 5.11 Å². The monoisotopic (exact) mass is 288 g/mol. The van der Waals surface area contributed by atoms with Crippen molar-refractivity contribution in [3.8, 4) is 0 Å². The van der Waals surface area contributed by atoms with Crippen molar-refractivity contribution in [2.45, 2.75) is 24.9 Å². The van der Waals surface area contributed by atoms with Crippen LogP contribution < -0.4 is 0 Å². The number of unbranched alkanes of at least 4 members (excludes halogenated alkanes) is 1. The first-order chi connectivity index (χ1) is 9.79. The molecule has 1 N–H and O–H groups in total. The molecule has 0 bridgehead atoms. The fraction of sp³-hybridized carbons (Fsp3) is 0.357. The van der Waals surface area contributed by atoms with E-state index in [-0.39, 0.29) is 6.61 Å². The van der Waals surface area contributed by atoms with E-state index >= 15 is 0 Å². The second kappa shape index (κ2) is 5.76. The van der Waals surface area contributed by atoms with Crippen molar-refractivity contribution in [3.63, 3.8) is 0 Å². The van der Waals surface area contributed by atoms with Gasteiger partial charge in [-0.2, -0.15) is 4.52 Å². The molecule has 5 nitrogen and oxygen atoms in total. The molecule has 0 spiro atoms. The van der Waals surface area contributed by atoms with Crippen molar-refractivity contribution in [1.29, 1.82) is 0 Å². The molecule has 2 heterocycles. The molecule has 20 heavy (non-hydrogen) atoms. The summed E-state index contributed by atoms with van der Waals surface area (Å²) < 4.78 is 1.82. The Kier molecular flexibility index (Phi) is 3.84. The van der Waals surface area contributed by atoms with Crippen LogP contribution in [-0.4, -0.2) is 37.0 Å². The van der Waals surface area contributed by atoms with Crippen molar-refractivity contribution in [1.82, 2.24) is 19.6 Å². The molecule has 2 aromatic heterocycles. The van der Waals surface area contributed by atoms with Crippen molar-refractivity contribution >= 4 is 28.3 Å². The second-order valence-corrected chi connectivity index (χ2v) is 5.65. The Morgan fingerprint density at radius 2 is 2.05 bits per heavy atom. The van der Waals surface area contributed by atoms with Gasteiger partial charge in [0.05, 0.1) is 5.52 Å². The highest BCUT2D eigenvalue weighted by Gasteiger charge is 2.11. The molecule has 0 fully saturated rings. The van der Waals surface area contributed by atoms with E-state index in [0.29, 0.717) is 0 Å². The Hall–Kier alpha value is -1.66. The SMILES string of the molecule is Cc1nc2c3ccccc3nc(SCCCCO)n2n1. The zero-order valence-electron chi connectivity index (χ0n) is 11.3. The van der Waals surface area contributed by atoms with Gasteiger partial charge in [-0.3, -0.25) is 0 Å². The van der Waals surface area contributed by atoms with Gasteiger partial charge >= 0.3 is 0 Å². The molecule has 3 rings (SSSR count). The number of aliphatic hydroxyl groups excluding tert-OH is 1. The van der Waals surface area contributed by atoms with Crippen LogP contribution in [0.4, 0.5) is 0 Å². The summed E-state index contributed by atoms with van der Waals surface area (Å²) in [6.45, 7) is 2.13. The minimum absolute atomic E-state index is 0.240. The number of fused-ring (bicyclic) bond motifs is 3. The van der Waals surface area contributed by atoms with Crippen molar-refractivity contribution < 1.29 is 5.11 Å². The quantitative estimate of drug-likeness (QED) is 0.444. The zero-order chi connectivity index (χ0) is 13.9. The van der Waals surface area contributed by atoms with Gasteiger partial charge in [0.1, 0.15) is 5.82 Å². The van der Waals surface area contributed by atoms with Gasteiger partial charge < -0.3 is 5.11 Å². The number of aryl methyl sites for hydroxylation is 1. The largest absolute Gasteiger partial charge is 0.396 e. The number of hydrogen-bond donors (Lipinski definition) is 1. The molecule has 0 saturated carbocycles. The van der Waals surface area contributed by atoms with Crippen molar-refractivity contribution in [2.75, 3.05) is 12.4 Å². The van der Waals surface area contributed by atoms with Crippen molar-refractivity contribution in [2.24, 2.45) is 0 Å². The molecule has 0 unspecified atom stereocenters. The fourth-order valence-electron chi connectivity index (χ4n) is 2.10. The van der Waals surface area contributed by atoms with Crippen LogP contribution in [0.25, 0.3) is 16.6 Å². The van der Waals surface area contributed by atoms with Gasteiger partial charge in [0.15, 0.2) is 10.8 Å². The second-order valence-electron chi connectivity index (χ2n) is 4.59. The molecule has 1 aromatic carbocycles. The van der Waals surface area contributed by atoms with E-state index in [1.807, 2.05) is 35.7 Å². The maximum Gasteiger partial charge on any atom is 0.191 e. The van der Waals surface area contributed by atoms with Crippen LogP contribution in [0, 0.1) is 6.92 Å². The summed E-state index contributed by atoms with van der Waals surface area (Å²) >= 11 is 1.66. The highest BCUT2D eigenvalue weighted by Crippen LogP contribution is 2.24. The summed E-state index contributed by atoms with van der Waals surface area (Å²) in [6, 6.07) is 7.99. The standard InChI is InChI=1S/C14H16N4OS/c1-10-15-13-11-6-2-3-7-12(11)16-14(18(13)17-10)20-9-5-4-8-19/h2-3,6-7,19H,4-5,8-9H2,1H3. The minimum atomic E-state index is 0.240. The number of aromatic nitrogens is 4. The molecule has 3 aromatic rings. The lowest BCUT2D eigenvalue weighted by Crippen LogP contribution is -1.99. The van der Waals surface area contributed by atoms with E-state index < -0.39 is 0 Å². The number of aliphatic hydroxyl groups is 1. The molecular formula is C14H16N4OS. The maximum atomic E-state index is 8.83. The number of rotatable bonds is 5. The summed E-state index contributed by atoms with van der Waals surface area (Å²) in [4.78, 5) is 9.18. The van der Waals surface area contributed by atoms with E-state index in [1.165, 1.54) is 0 Å². The number of hydrogen-bond acceptors (Lipinski definition) is 5. The Morgan fingerprint density at radius 1 is 1.20 bits per heavy atom. The molecule has 0 aliphatic carbocycles. The van der Waals surface area contributed by atoms with Crippen LogP contribution in [-0.2, 0) is 0 Å². The third-order valence-electron chi connectivity index (χ3n) is 3.04. The summed E-state index contributed by atoms with van der Waals surface area (Å²) in [5.74, 6) is 1.67. The summed E-state index contributed by atoms with van der Waals surface area (Å²) in [5, 5.41) is 15.1. The molecule has 6 heteroatoms. The lowest BCUT2D eigenvalue weighted by Gasteiger charge is -2.05. The van der Waals surface area contributed by atoms with Crippen LogP contribution in [0.15, 0.2) is 29.4 Å². The molecular weight excluding hydrogens is 272 g/mol. The summed E-state index contributed by atoms with van der Waals surface area (Å²) in [7, 11) is 0. The first-order valence-corrected chi connectivity index (χ1v) is 7.64. The number of para-hydroxylation sites is 1. The van der Waals surface area contributed by atoms with Crippen LogP contribution in [0.1, 0.15) is 18.7 Å². The summed E-state index contributed by atoms with van der Waals surface area (Å²) in [6.07, 6.45) is 1.78. The maximum absolute atomic E-state index is 8.83. The van der Waals surface area contributed by atoms with Crippen LogP contribution in [0.3, 0.4) is 0 Å². The van der Waals surface area contributed by atoms with Crippen LogP contribution in [0.5, 0.6) is 0 Å². The Bertz CT molecular complexity index is 740. The zero-order valence-corrected chi connectivity index (χ0v) is 12.1. The average molecular weight is 288 g/mol.